The SMILES string of the molecule is CC[C@H](O[C@@]12CC[C@@H](c3cc(-c4c(F)cccc4F)nnc31)C(C)(C)C2)C(=O)OC. The van der Waals surface area contributed by atoms with Gasteiger partial charge in [-0.2, -0.15) is 5.10 Å². The van der Waals surface area contributed by atoms with Crippen LogP contribution < -0.4 is 0 Å². The Morgan fingerprint density at radius 1 is 1.27 bits per heavy atom. The monoisotopic (exact) mass is 416 g/mol. The minimum atomic E-state index is -0.776. The van der Waals surface area contributed by atoms with Crippen LogP contribution in [0.2, 0.25) is 0 Å². The fourth-order valence-electron chi connectivity index (χ4n) is 5.24. The zero-order chi connectivity index (χ0) is 21.7. The summed E-state index contributed by atoms with van der Waals surface area (Å²) in [5.74, 6) is -1.60. The summed E-state index contributed by atoms with van der Waals surface area (Å²) in [4.78, 5) is 12.2. The smallest absolute Gasteiger partial charge is 0.335 e. The molecule has 160 valence electrons. The zero-order valence-corrected chi connectivity index (χ0v) is 17.7. The molecule has 1 fully saturated rings. The van der Waals surface area contributed by atoms with Gasteiger partial charge in [0.1, 0.15) is 17.2 Å². The van der Waals surface area contributed by atoms with Gasteiger partial charge in [0, 0.05) is 0 Å². The summed E-state index contributed by atoms with van der Waals surface area (Å²) in [7, 11) is 1.34. The molecule has 5 rings (SSSR count). The summed E-state index contributed by atoms with van der Waals surface area (Å²) in [5.41, 5.74) is 0.645. The molecule has 1 saturated carbocycles. The van der Waals surface area contributed by atoms with Crippen molar-refractivity contribution in [1.29, 1.82) is 0 Å². The van der Waals surface area contributed by atoms with E-state index in [1.165, 1.54) is 25.3 Å². The van der Waals surface area contributed by atoms with Gasteiger partial charge in [-0.1, -0.05) is 26.8 Å². The van der Waals surface area contributed by atoms with Crippen LogP contribution in [0.4, 0.5) is 8.78 Å². The van der Waals surface area contributed by atoms with Crippen LogP contribution in [0, 0.1) is 17.0 Å². The molecule has 1 aromatic heterocycles. The van der Waals surface area contributed by atoms with Gasteiger partial charge in [-0.25, -0.2) is 13.6 Å². The Balaban J connectivity index is 1.83. The number of rotatable bonds is 5. The second-order valence-electron chi connectivity index (χ2n) is 8.92. The molecule has 3 aliphatic carbocycles. The molecule has 0 unspecified atom stereocenters. The number of methoxy groups -OCH3 is 1. The Labute approximate surface area is 174 Å². The van der Waals surface area contributed by atoms with Crippen LogP contribution in [0.1, 0.15) is 63.6 Å². The first-order valence-corrected chi connectivity index (χ1v) is 10.3. The Morgan fingerprint density at radius 3 is 2.57 bits per heavy atom. The number of nitrogens with zero attached hydrogens (tertiary/aromatic N) is 2. The van der Waals surface area contributed by atoms with Crippen molar-refractivity contribution in [2.24, 2.45) is 5.41 Å². The molecule has 5 nitrogen and oxygen atoms in total. The van der Waals surface area contributed by atoms with Gasteiger partial charge < -0.3 is 9.47 Å². The number of hydrogen-bond donors (Lipinski definition) is 0. The van der Waals surface area contributed by atoms with E-state index in [0.717, 1.165) is 12.0 Å². The predicted molar refractivity (Wildman–Crippen MR) is 107 cm³/mol. The number of esters is 1. The zero-order valence-electron chi connectivity index (χ0n) is 17.7. The molecule has 30 heavy (non-hydrogen) atoms. The third-order valence-electron chi connectivity index (χ3n) is 6.57. The molecular weight excluding hydrogens is 390 g/mol. The topological polar surface area (TPSA) is 61.3 Å². The number of fused-ring (bicyclic) bond motifs is 2. The minimum Gasteiger partial charge on any atom is -0.467 e. The third-order valence-corrected chi connectivity index (χ3v) is 6.57. The average Bonchev–Trinajstić information content (AvgIpc) is 2.71. The predicted octanol–water partition coefficient (Wildman–Crippen LogP) is 4.89. The second-order valence-corrected chi connectivity index (χ2v) is 8.92. The van der Waals surface area contributed by atoms with E-state index < -0.39 is 29.3 Å². The minimum absolute atomic E-state index is 0.131. The van der Waals surface area contributed by atoms with Crippen molar-refractivity contribution in [3.05, 3.63) is 47.2 Å². The fourth-order valence-corrected chi connectivity index (χ4v) is 5.24. The molecule has 3 aliphatic rings. The van der Waals surface area contributed by atoms with Gasteiger partial charge in [0.2, 0.25) is 0 Å². The number of carbonyl (C=O) groups excluding carboxylic acids is 1. The number of carbonyl (C=O) groups is 1. The lowest BCUT2D eigenvalue weighted by atomic mass is 9.54. The van der Waals surface area contributed by atoms with Crippen molar-refractivity contribution >= 4 is 5.97 Å². The van der Waals surface area contributed by atoms with Crippen LogP contribution in [0.25, 0.3) is 11.3 Å². The van der Waals surface area contributed by atoms with Crippen molar-refractivity contribution in [3.63, 3.8) is 0 Å². The summed E-state index contributed by atoms with van der Waals surface area (Å²) in [6.45, 7) is 6.18. The molecule has 0 radical (unpaired) electrons. The van der Waals surface area contributed by atoms with Crippen LogP contribution in [0.5, 0.6) is 0 Å². The van der Waals surface area contributed by atoms with Crippen LogP contribution >= 0.6 is 0 Å². The maximum absolute atomic E-state index is 14.3. The van der Waals surface area contributed by atoms with Crippen LogP contribution in [0.15, 0.2) is 24.3 Å². The van der Waals surface area contributed by atoms with E-state index in [4.69, 9.17) is 9.47 Å². The standard InChI is InChI=1S/C23H26F2N2O3/c1-5-18(21(28)29-4)30-23-10-9-14(22(2,3)12-23)13-11-17(26-27-20(13)23)19-15(24)7-6-8-16(19)25/h6-8,11,14,18H,5,9-10,12H2,1-4H3/t14-,18-,23+/m0/s1. The summed E-state index contributed by atoms with van der Waals surface area (Å²) >= 11 is 0. The van der Waals surface area contributed by atoms with E-state index >= 15 is 0 Å². The van der Waals surface area contributed by atoms with E-state index in [9.17, 15) is 13.6 Å². The Morgan fingerprint density at radius 2 is 1.97 bits per heavy atom. The van der Waals surface area contributed by atoms with E-state index in [0.29, 0.717) is 25.0 Å². The normalized spacial score (nSPS) is 24.9. The molecule has 2 aromatic rings. The second kappa shape index (κ2) is 7.38. The van der Waals surface area contributed by atoms with E-state index in [1.54, 1.807) is 6.07 Å². The molecule has 0 aliphatic heterocycles. The molecule has 1 heterocycles. The molecule has 0 saturated heterocycles. The first-order valence-electron chi connectivity index (χ1n) is 10.3. The van der Waals surface area contributed by atoms with Crippen molar-refractivity contribution in [2.45, 2.75) is 64.1 Å². The third kappa shape index (κ3) is 3.20. The first kappa shape index (κ1) is 20.8. The van der Waals surface area contributed by atoms with E-state index in [-0.39, 0.29) is 22.6 Å². The molecule has 0 amide bonds. The van der Waals surface area contributed by atoms with Crippen molar-refractivity contribution in [3.8, 4) is 11.3 Å². The van der Waals surface area contributed by atoms with Gasteiger partial charge in [0.15, 0.2) is 6.10 Å². The van der Waals surface area contributed by atoms with E-state index in [2.05, 4.69) is 24.0 Å². The van der Waals surface area contributed by atoms with Gasteiger partial charge >= 0.3 is 5.97 Å². The fraction of sp³-hybridized carbons (Fsp3) is 0.522. The van der Waals surface area contributed by atoms with Crippen LogP contribution in [-0.2, 0) is 19.9 Å². The lowest BCUT2D eigenvalue weighted by Gasteiger charge is -2.55. The number of halogens is 2. The van der Waals surface area contributed by atoms with Gasteiger partial charge in [0.25, 0.3) is 0 Å². The molecule has 0 N–H and O–H groups in total. The number of hydrogen-bond acceptors (Lipinski definition) is 5. The Bertz CT molecular complexity index is 974. The van der Waals surface area contributed by atoms with Crippen LogP contribution in [-0.4, -0.2) is 29.4 Å². The summed E-state index contributed by atoms with van der Waals surface area (Å²) in [6, 6.07) is 5.49. The number of benzene rings is 1. The lowest BCUT2D eigenvalue weighted by molar-refractivity contribution is -0.188. The molecule has 7 heteroatoms. The number of ether oxygens (including phenoxy) is 2. The average molecular weight is 416 g/mol. The van der Waals surface area contributed by atoms with Crippen molar-refractivity contribution < 1.29 is 23.0 Å². The molecule has 2 bridgehead atoms. The Kier molecular flexibility index (Phi) is 5.12. The van der Waals surface area contributed by atoms with Gasteiger partial charge in [-0.3, -0.25) is 0 Å². The largest absolute Gasteiger partial charge is 0.467 e. The molecule has 3 atom stereocenters. The highest BCUT2D eigenvalue weighted by atomic mass is 19.1. The van der Waals surface area contributed by atoms with Gasteiger partial charge in [-0.05, 0) is 60.8 Å². The highest BCUT2D eigenvalue weighted by Crippen LogP contribution is 2.61. The summed E-state index contributed by atoms with van der Waals surface area (Å²) in [5, 5.41) is 8.58. The maximum Gasteiger partial charge on any atom is 0.335 e. The van der Waals surface area contributed by atoms with E-state index in [1.807, 2.05) is 6.92 Å². The quantitative estimate of drug-likeness (QED) is 0.650. The van der Waals surface area contributed by atoms with Gasteiger partial charge in [-0.15, -0.1) is 5.10 Å². The van der Waals surface area contributed by atoms with Crippen molar-refractivity contribution in [2.75, 3.05) is 7.11 Å². The molecule has 1 aromatic carbocycles. The molecular formula is C23H26F2N2O3. The first-order chi connectivity index (χ1) is 14.2. The highest BCUT2D eigenvalue weighted by Gasteiger charge is 2.56. The highest BCUT2D eigenvalue weighted by molar-refractivity contribution is 5.74. The summed E-state index contributed by atoms with van der Waals surface area (Å²) < 4.78 is 40.0. The van der Waals surface area contributed by atoms with Gasteiger partial charge in [0.05, 0.1) is 24.1 Å². The number of aromatic nitrogens is 2. The van der Waals surface area contributed by atoms with Crippen molar-refractivity contribution in [1.82, 2.24) is 10.2 Å². The maximum atomic E-state index is 14.3. The van der Waals surface area contributed by atoms with Crippen LogP contribution in [0.3, 0.4) is 0 Å². The summed E-state index contributed by atoms with van der Waals surface area (Å²) in [6.07, 6.45) is 2.00. The Hall–Kier alpha value is -2.41. The lowest BCUT2D eigenvalue weighted by Crippen LogP contribution is -2.51. The molecule has 0 spiro atoms.